The lowest BCUT2D eigenvalue weighted by molar-refractivity contribution is 1.26. The number of rotatable bonds is 0. The van der Waals surface area contributed by atoms with Crippen LogP contribution in [0.3, 0.4) is 0 Å². The smallest absolute Gasteiger partial charge is 0.140 e. The second kappa shape index (κ2) is 6.12. The quantitative estimate of drug-likeness (QED) is 0.599. The molecule has 0 amide bonds. The van der Waals surface area contributed by atoms with Gasteiger partial charge in [-0.05, 0) is 24.3 Å². The van der Waals surface area contributed by atoms with Crippen LogP contribution in [0.15, 0.2) is 67.0 Å². The fourth-order valence-corrected chi connectivity index (χ4v) is 1.44. The maximum Gasteiger partial charge on any atom is 0.140 e. The number of hydrogen-bond donors (Lipinski definition) is 0. The van der Waals surface area contributed by atoms with Crippen molar-refractivity contribution in [3.63, 3.8) is 0 Å². The van der Waals surface area contributed by atoms with Crippen LogP contribution in [0, 0.1) is 11.3 Å². The average molecular weight is 233 g/mol. The van der Waals surface area contributed by atoms with Crippen LogP contribution in [0.1, 0.15) is 5.69 Å². The van der Waals surface area contributed by atoms with Gasteiger partial charge in [0, 0.05) is 17.8 Å². The predicted molar refractivity (Wildman–Crippen MR) is 70.7 cm³/mol. The summed E-state index contributed by atoms with van der Waals surface area (Å²) in [7, 11) is 0. The van der Waals surface area contributed by atoms with Gasteiger partial charge in [-0.1, -0.05) is 30.3 Å². The molecule has 0 spiro atoms. The van der Waals surface area contributed by atoms with E-state index in [4.69, 9.17) is 5.26 Å². The standard InChI is InChI=1S/C9H7N.C6H4N2/c1-2-6-9-8(4-1)5-3-7-10-9;7-5-6-3-1-2-4-8-6/h1-7H;1-4H. The van der Waals surface area contributed by atoms with Gasteiger partial charge in [-0.25, -0.2) is 4.98 Å². The van der Waals surface area contributed by atoms with Gasteiger partial charge in [0.2, 0.25) is 0 Å². The molecule has 0 aliphatic rings. The first-order chi connectivity index (χ1) is 8.90. The summed E-state index contributed by atoms with van der Waals surface area (Å²) in [6.07, 6.45) is 3.40. The van der Waals surface area contributed by atoms with Crippen molar-refractivity contribution >= 4 is 10.9 Å². The van der Waals surface area contributed by atoms with Crippen molar-refractivity contribution in [1.82, 2.24) is 9.97 Å². The van der Waals surface area contributed by atoms with Gasteiger partial charge < -0.3 is 0 Å². The fraction of sp³-hybridized carbons (Fsp3) is 0. The summed E-state index contributed by atoms with van der Waals surface area (Å²) in [5.41, 5.74) is 1.53. The Labute approximate surface area is 105 Å². The minimum absolute atomic E-state index is 0.465. The molecule has 0 aliphatic heterocycles. The number of pyridine rings is 2. The molecule has 0 saturated heterocycles. The lowest BCUT2D eigenvalue weighted by Crippen LogP contribution is -1.75. The van der Waals surface area contributed by atoms with Crippen molar-refractivity contribution in [2.75, 3.05) is 0 Å². The Hall–Kier alpha value is -2.73. The third kappa shape index (κ3) is 3.13. The lowest BCUT2D eigenvalue weighted by atomic mass is 10.2. The molecule has 86 valence electrons. The van der Waals surface area contributed by atoms with E-state index in [0.717, 1.165) is 5.52 Å². The molecule has 3 nitrogen and oxygen atoms in total. The third-order valence-electron chi connectivity index (χ3n) is 2.29. The van der Waals surface area contributed by atoms with Gasteiger partial charge in [0.05, 0.1) is 5.52 Å². The van der Waals surface area contributed by atoms with Gasteiger partial charge in [0.25, 0.3) is 0 Å². The Morgan fingerprint density at radius 1 is 0.778 bits per heavy atom. The van der Waals surface area contributed by atoms with E-state index in [0.29, 0.717) is 5.69 Å². The molecule has 3 heteroatoms. The van der Waals surface area contributed by atoms with Gasteiger partial charge in [-0.2, -0.15) is 5.26 Å². The number of nitriles is 1. The van der Waals surface area contributed by atoms with Crippen molar-refractivity contribution in [3.8, 4) is 6.07 Å². The normalized spacial score (nSPS) is 9.06. The highest BCUT2D eigenvalue weighted by atomic mass is 14.7. The largest absolute Gasteiger partial charge is 0.256 e. The van der Waals surface area contributed by atoms with Crippen LogP contribution in [0.2, 0.25) is 0 Å². The van der Waals surface area contributed by atoms with E-state index in [9.17, 15) is 0 Å². The molecule has 0 aliphatic carbocycles. The summed E-state index contributed by atoms with van der Waals surface area (Å²) in [5.74, 6) is 0. The van der Waals surface area contributed by atoms with Crippen molar-refractivity contribution in [2.24, 2.45) is 0 Å². The summed E-state index contributed by atoms with van der Waals surface area (Å²) in [6, 6.07) is 19.2. The SMILES string of the molecule is N#Cc1ccccn1.c1ccc2ncccc2c1. The summed E-state index contributed by atoms with van der Waals surface area (Å²) >= 11 is 0. The topological polar surface area (TPSA) is 49.6 Å². The zero-order chi connectivity index (χ0) is 12.6. The highest BCUT2D eigenvalue weighted by Gasteiger charge is 1.86. The minimum Gasteiger partial charge on any atom is -0.256 e. The number of fused-ring (bicyclic) bond motifs is 1. The van der Waals surface area contributed by atoms with E-state index in [1.54, 1.807) is 24.4 Å². The minimum atomic E-state index is 0.465. The Morgan fingerprint density at radius 3 is 2.17 bits per heavy atom. The highest BCUT2D eigenvalue weighted by molar-refractivity contribution is 5.77. The van der Waals surface area contributed by atoms with Gasteiger partial charge in [0.15, 0.2) is 0 Å². The molecule has 0 saturated carbocycles. The van der Waals surface area contributed by atoms with Crippen molar-refractivity contribution < 1.29 is 0 Å². The fourth-order valence-electron chi connectivity index (χ4n) is 1.44. The van der Waals surface area contributed by atoms with Gasteiger partial charge >= 0.3 is 0 Å². The molecule has 0 bridgehead atoms. The summed E-state index contributed by atoms with van der Waals surface area (Å²) in [6.45, 7) is 0. The summed E-state index contributed by atoms with van der Waals surface area (Å²) in [4.78, 5) is 7.92. The van der Waals surface area contributed by atoms with E-state index >= 15 is 0 Å². The highest BCUT2D eigenvalue weighted by Crippen LogP contribution is 2.07. The second-order valence-corrected chi connectivity index (χ2v) is 3.52. The van der Waals surface area contributed by atoms with Crippen LogP contribution in [0.5, 0.6) is 0 Å². The number of para-hydroxylation sites is 1. The van der Waals surface area contributed by atoms with Gasteiger partial charge in [-0.3, -0.25) is 4.98 Å². The average Bonchev–Trinajstić information content (AvgIpc) is 2.49. The number of hydrogen-bond acceptors (Lipinski definition) is 3. The first kappa shape index (κ1) is 11.7. The molecule has 0 unspecified atom stereocenters. The van der Waals surface area contributed by atoms with Crippen LogP contribution in [-0.2, 0) is 0 Å². The zero-order valence-electron chi connectivity index (χ0n) is 9.69. The van der Waals surface area contributed by atoms with Crippen LogP contribution >= 0.6 is 0 Å². The van der Waals surface area contributed by atoms with E-state index in [-0.39, 0.29) is 0 Å². The molecule has 3 rings (SSSR count). The molecule has 0 N–H and O–H groups in total. The van der Waals surface area contributed by atoms with Crippen LogP contribution in [-0.4, -0.2) is 9.97 Å². The Morgan fingerprint density at radius 2 is 1.50 bits per heavy atom. The maximum absolute atomic E-state index is 8.23. The molecule has 18 heavy (non-hydrogen) atoms. The Bertz CT molecular complexity index is 592. The van der Waals surface area contributed by atoms with Crippen LogP contribution < -0.4 is 0 Å². The molecule has 3 aromatic rings. The number of nitrogens with zero attached hydrogens (tertiary/aromatic N) is 3. The van der Waals surface area contributed by atoms with Gasteiger partial charge in [-0.15, -0.1) is 0 Å². The van der Waals surface area contributed by atoms with Crippen LogP contribution in [0.4, 0.5) is 0 Å². The van der Waals surface area contributed by atoms with Crippen molar-refractivity contribution in [3.05, 3.63) is 72.7 Å². The Balaban J connectivity index is 0.000000138. The molecule has 0 atom stereocenters. The monoisotopic (exact) mass is 233 g/mol. The van der Waals surface area contributed by atoms with Gasteiger partial charge in [0.1, 0.15) is 11.8 Å². The van der Waals surface area contributed by atoms with E-state index < -0.39 is 0 Å². The van der Waals surface area contributed by atoms with Crippen molar-refractivity contribution in [1.29, 1.82) is 5.26 Å². The predicted octanol–water partition coefficient (Wildman–Crippen LogP) is 3.19. The third-order valence-corrected chi connectivity index (χ3v) is 2.29. The molecular weight excluding hydrogens is 222 g/mol. The van der Waals surface area contributed by atoms with E-state index in [1.165, 1.54) is 5.39 Å². The first-order valence-corrected chi connectivity index (χ1v) is 5.51. The maximum atomic E-state index is 8.23. The second-order valence-electron chi connectivity index (χ2n) is 3.52. The first-order valence-electron chi connectivity index (χ1n) is 5.51. The molecule has 2 heterocycles. The number of aromatic nitrogens is 2. The van der Waals surface area contributed by atoms with E-state index in [1.807, 2.05) is 36.5 Å². The zero-order valence-corrected chi connectivity index (χ0v) is 9.69. The number of benzene rings is 1. The van der Waals surface area contributed by atoms with E-state index in [2.05, 4.69) is 22.1 Å². The lowest BCUT2D eigenvalue weighted by Gasteiger charge is -1.91. The summed E-state index contributed by atoms with van der Waals surface area (Å²) in [5, 5.41) is 9.42. The molecular formula is C15H11N3. The Kier molecular flexibility index (Phi) is 3.99. The molecule has 1 aromatic carbocycles. The van der Waals surface area contributed by atoms with Crippen molar-refractivity contribution in [2.45, 2.75) is 0 Å². The van der Waals surface area contributed by atoms with Crippen LogP contribution in [0.25, 0.3) is 10.9 Å². The summed E-state index contributed by atoms with van der Waals surface area (Å²) < 4.78 is 0. The molecule has 0 fully saturated rings. The molecule has 2 aromatic heterocycles. The molecule has 0 radical (unpaired) electrons.